The Morgan fingerprint density at radius 3 is 2.84 bits per heavy atom. The molecular weight excluding hydrogens is 320 g/mol. The van der Waals surface area contributed by atoms with Crippen molar-refractivity contribution in [3.05, 3.63) is 29.1 Å². The minimum Gasteiger partial charge on any atom is -0.462 e. The lowest BCUT2D eigenvalue weighted by molar-refractivity contribution is 0.0525. The molecule has 0 atom stereocenters. The van der Waals surface area contributed by atoms with Gasteiger partial charge in [-0.3, -0.25) is 0 Å². The third-order valence-corrected chi connectivity index (χ3v) is 4.72. The number of anilines is 1. The average Bonchev–Trinajstić information content (AvgIpc) is 2.95. The number of aliphatic hydroxyl groups excluding tert-OH is 1. The van der Waals surface area contributed by atoms with Gasteiger partial charge in [-0.05, 0) is 45.1 Å². The van der Waals surface area contributed by atoms with Gasteiger partial charge in [0.25, 0.3) is 0 Å². The monoisotopic (exact) mass is 342 g/mol. The number of aryl methyl sites for hydroxylation is 1. The van der Waals surface area contributed by atoms with Gasteiger partial charge in [0.1, 0.15) is 6.07 Å². The Hall–Kier alpha value is -2.59. The van der Waals surface area contributed by atoms with Gasteiger partial charge in [-0.15, -0.1) is 0 Å². The molecule has 3 rings (SSSR count). The number of fused-ring (bicyclic) bond motifs is 1. The van der Waals surface area contributed by atoms with Crippen molar-refractivity contribution in [2.45, 2.75) is 51.7 Å². The van der Waals surface area contributed by atoms with Gasteiger partial charge < -0.3 is 15.2 Å². The lowest BCUT2D eigenvalue weighted by Crippen LogP contribution is -2.28. The maximum atomic E-state index is 12.2. The van der Waals surface area contributed by atoms with E-state index in [4.69, 9.17) is 4.74 Å². The van der Waals surface area contributed by atoms with Gasteiger partial charge >= 0.3 is 5.97 Å². The van der Waals surface area contributed by atoms with Crippen LogP contribution >= 0.6 is 0 Å². The molecule has 25 heavy (non-hydrogen) atoms. The topological polar surface area (TPSA) is 99.7 Å². The van der Waals surface area contributed by atoms with Crippen molar-refractivity contribution in [3.8, 4) is 6.07 Å². The zero-order chi connectivity index (χ0) is 18.0. The standard InChI is InChI=1S/C18H22N4O3/c1-3-25-18(24)15-10-22-17(11(15)2)16(12(8-19)9-20-22)21-13-4-6-14(23)7-5-13/h9-10,13-14,21,23H,3-7H2,1-2H3. The van der Waals surface area contributed by atoms with Crippen molar-refractivity contribution in [1.29, 1.82) is 5.26 Å². The van der Waals surface area contributed by atoms with Crippen LogP contribution in [0.4, 0.5) is 5.69 Å². The maximum absolute atomic E-state index is 12.2. The molecule has 0 spiro atoms. The molecule has 1 saturated carbocycles. The first-order valence-corrected chi connectivity index (χ1v) is 8.57. The van der Waals surface area contributed by atoms with Crippen LogP contribution in [0.2, 0.25) is 0 Å². The quantitative estimate of drug-likeness (QED) is 0.828. The van der Waals surface area contributed by atoms with Crippen LogP contribution in [0, 0.1) is 18.3 Å². The van der Waals surface area contributed by atoms with E-state index < -0.39 is 5.97 Å². The number of aliphatic hydroxyl groups is 1. The second kappa shape index (κ2) is 7.11. The predicted molar refractivity (Wildman–Crippen MR) is 92.5 cm³/mol. The van der Waals surface area contributed by atoms with Crippen LogP contribution < -0.4 is 5.32 Å². The molecule has 7 nitrogen and oxygen atoms in total. The summed E-state index contributed by atoms with van der Waals surface area (Å²) in [6.45, 7) is 3.90. The van der Waals surface area contributed by atoms with Crippen molar-refractivity contribution >= 4 is 17.2 Å². The molecule has 0 radical (unpaired) electrons. The zero-order valence-electron chi connectivity index (χ0n) is 14.5. The Bertz CT molecular complexity index is 829. The van der Waals surface area contributed by atoms with E-state index >= 15 is 0 Å². The fraction of sp³-hybridized carbons (Fsp3) is 0.500. The first kappa shape index (κ1) is 17.2. The number of esters is 1. The van der Waals surface area contributed by atoms with E-state index in [1.807, 2.05) is 6.92 Å². The molecule has 2 heterocycles. The number of nitrogens with one attached hydrogen (secondary N) is 1. The molecule has 2 N–H and O–H groups in total. The number of hydrogen-bond donors (Lipinski definition) is 2. The highest BCUT2D eigenvalue weighted by Crippen LogP contribution is 2.30. The summed E-state index contributed by atoms with van der Waals surface area (Å²) < 4.78 is 6.72. The Morgan fingerprint density at radius 2 is 2.20 bits per heavy atom. The van der Waals surface area contributed by atoms with Gasteiger partial charge in [0.05, 0.1) is 41.2 Å². The van der Waals surface area contributed by atoms with Crippen molar-refractivity contribution < 1.29 is 14.6 Å². The van der Waals surface area contributed by atoms with E-state index in [1.165, 1.54) is 6.20 Å². The fourth-order valence-electron chi connectivity index (χ4n) is 3.36. The summed E-state index contributed by atoms with van der Waals surface area (Å²) in [7, 11) is 0. The average molecular weight is 342 g/mol. The highest BCUT2D eigenvalue weighted by Gasteiger charge is 2.24. The molecule has 2 aromatic heterocycles. The van der Waals surface area contributed by atoms with Gasteiger partial charge in [0.15, 0.2) is 0 Å². The molecule has 1 aliphatic carbocycles. The normalized spacial score (nSPS) is 20.2. The highest BCUT2D eigenvalue weighted by molar-refractivity contribution is 5.96. The van der Waals surface area contributed by atoms with E-state index in [1.54, 1.807) is 17.6 Å². The van der Waals surface area contributed by atoms with Crippen molar-refractivity contribution in [3.63, 3.8) is 0 Å². The van der Waals surface area contributed by atoms with Gasteiger partial charge in [0.2, 0.25) is 0 Å². The first-order chi connectivity index (χ1) is 12.0. The number of rotatable bonds is 4. The van der Waals surface area contributed by atoms with Gasteiger partial charge in [-0.1, -0.05) is 0 Å². The van der Waals surface area contributed by atoms with Crippen LogP contribution in [-0.4, -0.2) is 39.4 Å². The van der Waals surface area contributed by atoms with Gasteiger partial charge in [0, 0.05) is 12.2 Å². The van der Waals surface area contributed by atoms with Crippen LogP contribution in [0.5, 0.6) is 0 Å². The molecule has 1 fully saturated rings. The summed E-state index contributed by atoms with van der Waals surface area (Å²) >= 11 is 0. The molecule has 2 aromatic rings. The summed E-state index contributed by atoms with van der Waals surface area (Å²) in [5.41, 5.74) is 3.03. The predicted octanol–water partition coefficient (Wildman–Crippen LogP) is 2.41. The Morgan fingerprint density at radius 1 is 1.48 bits per heavy atom. The molecule has 1 aliphatic rings. The van der Waals surface area contributed by atoms with Crippen LogP contribution in [0.15, 0.2) is 12.4 Å². The third kappa shape index (κ3) is 3.30. The second-order valence-electron chi connectivity index (χ2n) is 6.38. The maximum Gasteiger partial charge on any atom is 0.340 e. The summed E-state index contributed by atoms with van der Waals surface area (Å²) in [5, 5.41) is 26.8. The largest absolute Gasteiger partial charge is 0.462 e. The molecule has 132 valence electrons. The van der Waals surface area contributed by atoms with E-state index in [-0.39, 0.29) is 12.1 Å². The molecule has 7 heteroatoms. The summed E-state index contributed by atoms with van der Waals surface area (Å²) in [5.74, 6) is -0.393. The van der Waals surface area contributed by atoms with Crippen LogP contribution in [0.1, 0.15) is 54.1 Å². The number of ether oxygens (including phenoxy) is 1. The Kier molecular flexibility index (Phi) is 4.91. The SMILES string of the molecule is CCOC(=O)c1cn2ncc(C#N)c(NC3CCC(O)CC3)c2c1C. The third-order valence-electron chi connectivity index (χ3n) is 4.72. The lowest BCUT2D eigenvalue weighted by atomic mass is 9.92. The van der Waals surface area contributed by atoms with E-state index in [0.717, 1.165) is 31.2 Å². The molecule has 0 bridgehead atoms. The van der Waals surface area contributed by atoms with Crippen molar-refractivity contribution in [2.24, 2.45) is 0 Å². The van der Waals surface area contributed by atoms with Gasteiger partial charge in [-0.25, -0.2) is 9.31 Å². The summed E-state index contributed by atoms with van der Waals surface area (Å²) in [6.07, 6.45) is 6.07. The minimum atomic E-state index is -0.393. The number of carbonyl (C=O) groups excluding carboxylic acids is 1. The van der Waals surface area contributed by atoms with Gasteiger partial charge in [-0.2, -0.15) is 10.4 Å². The number of nitrogens with zero attached hydrogens (tertiary/aromatic N) is 3. The van der Waals surface area contributed by atoms with E-state index in [9.17, 15) is 15.2 Å². The Balaban J connectivity index is 2.03. The number of carbonyl (C=O) groups is 1. The lowest BCUT2D eigenvalue weighted by Gasteiger charge is -2.27. The molecule has 0 saturated heterocycles. The second-order valence-corrected chi connectivity index (χ2v) is 6.38. The van der Waals surface area contributed by atoms with Crippen molar-refractivity contribution in [1.82, 2.24) is 9.61 Å². The van der Waals surface area contributed by atoms with E-state index in [2.05, 4.69) is 16.5 Å². The first-order valence-electron chi connectivity index (χ1n) is 8.57. The summed E-state index contributed by atoms with van der Waals surface area (Å²) in [6, 6.07) is 2.36. The number of hydrogen-bond acceptors (Lipinski definition) is 6. The minimum absolute atomic E-state index is 0.182. The Labute approximate surface area is 146 Å². The molecule has 0 aliphatic heterocycles. The van der Waals surface area contributed by atoms with Crippen LogP contribution in [-0.2, 0) is 4.74 Å². The van der Waals surface area contributed by atoms with E-state index in [0.29, 0.717) is 28.9 Å². The highest BCUT2D eigenvalue weighted by atomic mass is 16.5. The zero-order valence-corrected chi connectivity index (χ0v) is 14.5. The molecule has 0 unspecified atom stereocenters. The number of aromatic nitrogens is 2. The molecule has 0 aromatic carbocycles. The summed E-state index contributed by atoms with van der Waals surface area (Å²) in [4.78, 5) is 12.2. The van der Waals surface area contributed by atoms with Crippen LogP contribution in [0.25, 0.3) is 5.52 Å². The van der Waals surface area contributed by atoms with Crippen molar-refractivity contribution in [2.75, 3.05) is 11.9 Å². The number of nitriles is 1. The van der Waals surface area contributed by atoms with Crippen LogP contribution in [0.3, 0.4) is 0 Å². The molecular formula is C18H22N4O3. The smallest absolute Gasteiger partial charge is 0.340 e. The molecule has 0 amide bonds. The fourth-order valence-corrected chi connectivity index (χ4v) is 3.36.